The van der Waals surface area contributed by atoms with E-state index in [0.29, 0.717) is 37.2 Å². The molecular formula is C15H19N3O4. The van der Waals surface area contributed by atoms with Gasteiger partial charge in [-0.2, -0.15) is 0 Å². The van der Waals surface area contributed by atoms with E-state index in [9.17, 15) is 4.79 Å². The van der Waals surface area contributed by atoms with Gasteiger partial charge in [-0.25, -0.2) is 0 Å². The van der Waals surface area contributed by atoms with Crippen molar-refractivity contribution in [2.24, 2.45) is 0 Å². The molecule has 118 valence electrons. The van der Waals surface area contributed by atoms with E-state index in [2.05, 4.69) is 10.2 Å². The number of furan rings is 1. The van der Waals surface area contributed by atoms with Gasteiger partial charge in [0, 0.05) is 19.9 Å². The van der Waals surface area contributed by atoms with Gasteiger partial charge >= 0.3 is 0 Å². The molecule has 2 aromatic heterocycles. The summed E-state index contributed by atoms with van der Waals surface area (Å²) in [6.07, 6.45) is 0.382. The summed E-state index contributed by atoms with van der Waals surface area (Å²) in [4.78, 5) is 14.3. The first kappa shape index (κ1) is 14.8. The number of aryl methyl sites for hydroxylation is 3. The largest absolute Gasteiger partial charge is 0.456 e. The average Bonchev–Trinajstić information content (AvgIpc) is 3.12. The van der Waals surface area contributed by atoms with Crippen LogP contribution < -0.4 is 0 Å². The van der Waals surface area contributed by atoms with Crippen molar-refractivity contribution in [2.45, 2.75) is 33.3 Å². The van der Waals surface area contributed by atoms with Crippen LogP contribution >= 0.6 is 0 Å². The maximum Gasteiger partial charge on any atom is 0.289 e. The maximum atomic E-state index is 12.6. The summed E-state index contributed by atoms with van der Waals surface area (Å²) in [5.41, 5.74) is 1.00. The summed E-state index contributed by atoms with van der Waals surface area (Å²) in [7, 11) is 0. The second-order valence-corrected chi connectivity index (χ2v) is 5.34. The van der Waals surface area contributed by atoms with Gasteiger partial charge in [-0.3, -0.25) is 4.79 Å². The summed E-state index contributed by atoms with van der Waals surface area (Å²) in [5.74, 6) is 1.97. The number of nitrogens with zero attached hydrogens (tertiary/aromatic N) is 3. The number of ether oxygens (including phenoxy) is 1. The van der Waals surface area contributed by atoms with E-state index in [1.807, 2.05) is 13.8 Å². The standard InChI is InChI=1S/C15H19N3O4/c1-4-11-9(2)7-12(22-11)15(19)18-5-6-20-13(8-18)14-17-16-10(3)21-14/h7,13H,4-6,8H2,1-3H3. The molecule has 0 N–H and O–H groups in total. The molecule has 22 heavy (non-hydrogen) atoms. The number of morpholine rings is 1. The number of amides is 1. The first-order chi connectivity index (χ1) is 10.6. The molecule has 1 aliphatic rings. The number of hydrogen-bond donors (Lipinski definition) is 0. The zero-order valence-corrected chi connectivity index (χ0v) is 13.0. The minimum absolute atomic E-state index is 0.132. The SMILES string of the molecule is CCc1oc(C(=O)N2CCOC(c3nnc(C)o3)C2)cc1C. The highest BCUT2D eigenvalue weighted by Gasteiger charge is 2.30. The van der Waals surface area contributed by atoms with E-state index in [4.69, 9.17) is 13.6 Å². The molecule has 7 nitrogen and oxygen atoms in total. The zero-order chi connectivity index (χ0) is 15.7. The third-order valence-corrected chi connectivity index (χ3v) is 3.72. The van der Waals surface area contributed by atoms with Crippen LogP contribution in [0.2, 0.25) is 0 Å². The first-order valence-corrected chi connectivity index (χ1v) is 7.38. The van der Waals surface area contributed by atoms with Gasteiger partial charge in [-0.1, -0.05) is 6.92 Å². The molecule has 1 saturated heterocycles. The summed E-state index contributed by atoms with van der Waals surface area (Å²) in [6.45, 7) is 6.99. The molecule has 1 atom stereocenters. The normalized spacial score (nSPS) is 18.7. The summed E-state index contributed by atoms with van der Waals surface area (Å²) in [5, 5.41) is 7.76. The lowest BCUT2D eigenvalue weighted by Crippen LogP contribution is -2.42. The molecule has 1 aliphatic heterocycles. The second-order valence-electron chi connectivity index (χ2n) is 5.34. The van der Waals surface area contributed by atoms with Gasteiger partial charge in [0.1, 0.15) is 5.76 Å². The lowest BCUT2D eigenvalue weighted by Gasteiger charge is -2.30. The van der Waals surface area contributed by atoms with E-state index < -0.39 is 0 Å². The molecule has 0 spiro atoms. The van der Waals surface area contributed by atoms with Gasteiger partial charge in [-0.15, -0.1) is 10.2 Å². The number of rotatable bonds is 3. The van der Waals surface area contributed by atoms with Gasteiger partial charge in [-0.05, 0) is 18.6 Å². The predicted octanol–water partition coefficient (Wildman–Crippen LogP) is 2.06. The first-order valence-electron chi connectivity index (χ1n) is 7.38. The van der Waals surface area contributed by atoms with Gasteiger partial charge in [0.2, 0.25) is 11.8 Å². The Labute approximate surface area is 128 Å². The second kappa shape index (κ2) is 5.92. The molecule has 1 unspecified atom stereocenters. The summed E-state index contributed by atoms with van der Waals surface area (Å²) >= 11 is 0. The Morgan fingerprint density at radius 2 is 2.18 bits per heavy atom. The Morgan fingerprint density at radius 3 is 2.82 bits per heavy atom. The molecule has 0 bridgehead atoms. The Bertz CT molecular complexity index is 676. The average molecular weight is 305 g/mol. The number of carbonyl (C=O) groups is 1. The molecule has 3 rings (SSSR count). The van der Waals surface area contributed by atoms with Crippen molar-refractivity contribution >= 4 is 5.91 Å². The highest BCUT2D eigenvalue weighted by atomic mass is 16.5. The van der Waals surface area contributed by atoms with Crippen molar-refractivity contribution in [3.8, 4) is 0 Å². The minimum Gasteiger partial charge on any atom is -0.456 e. The predicted molar refractivity (Wildman–Crippen MR) is 76.5 cm³/mol. The van der Waals surface area contributed by atoms with Crippen LogP contribution in [0.5, 0.6) is 0 Å². The van der Waals surface area contributed by atoms with Crippen LogP contribution in [-0.4, -0.2) is 40.7 Å². The van der Waals surface area contributed by atoms with Crippen molar-refractivity contribution in [1.29, 1.82) is 0 Å². The van der Waals surface area contributed by atoms with E-state index in [1.165, 1.54) is 0 Å². The molecule has 0 saturated carbocycles. The Morgan fingerprint density at radius 1 is 1.36 bits per heavy atom. The van der Waals surface area contributed by atoms with E-state index >= 15 is 0 Å². The van der Waals surface area contributed by atoms with Gasteiger partial charge in [0.15, 0.2) is 11.9 Å². The van der Waals surface area contributed by atoms with Crippen LogP contribution in [-0.2, 0) is 11.2 Å². The van der Waals surface area contributed by atoms with Crippen molar-refractivity contribution in [1.82, 2.24) is 15.1 Å². The van der Waals surface area contributed by atoms with Gasteiger partial charge in [0.25, 0.3) is 5.91 Å². The van der Waals surface area contributed by atoms with Crippen molar-refractivity contribution in [3.63, 3.8) is 0 Å². The maximum absolute atomic E-state index is 12.6. The molecular weight excluding hydrogens is 286 g/mol. The summed E-state index contributed by atoms with van der Waals surface area (Å²) in [6, 6.07) is 1.79. The number of hydrogen-bond acceptors (Lipinski definition) is 6. The topological polar surface area (TPSA) is 81.6 Å². The fourth-order valence-electron chi connectivity index (χ4n) is 2.56. The van der Waals surface area contributed by atoms with E-state index in [-0.39, 0.29) is 12.0 Å². The van der Waals surface area contributed by atoms with E-state index in [1.54, 1.807) is 17.9 Å². The molecule has 1 fully saturated rings. The minimum atomic E-state index is -0.388. The number of aromatic nitrogens is 2. The Hall–Kier alpha value is -2.15. The fourth-order valence-corrected chi connectivity index (χ4v) is 2.56. The third kappa shape index (κ3) is 2.76. The quantitative estimate of drug-likeness (QED) is 0.863. The third-order valence-electron chi connectivity index (χ3n) is 3.72. The molecule has 1 amide bonds. The van der Waals surface area contributed by atoms with Gasteiger partial charge < -0.3 is 18.5 Å². The molecule has 0 aliphatic carbocycles. The smallest absolute Gasteiger partial charge is 0.289 e. The highest BCUT2D eigenvalue weighted by Crippen LogP contribution is 2.23. The lowest BCUT2D eigenvalue weighted by atomic mass is 10.2. The van der Waals surface area contributed by atoms with Crippen LogP contribution in [0.25, 0.3) is 0 Å². The highest BCUT2D eigenvalue weighted by molar-refractivity contribution is 5.91. The summed E-state index contributed by atoms with van der Waals surface area (Å²) < 4.78 is 16.7. The molecule has 2 aromatic rings. The fraction of sp³-hybridized carbons (Fsp3) is 0.533. The van der Waals surface area contributed by atoms with E-state index in [0.717, 1.165) is 17.7 Å². The Kier molecular flexibility index (Phi) is 3.98. The molecule has 0 aromatic carbocycles. The molecule has 0 radical (unpaired) electrons. The van der Waals surface area contributed by atoms with Crippen molar-refractivity contribution in [3.05, 3.63) is 34.9 Å². The monoisotopic (exact) mass is 305 g/mol. The molecule has 3 heterocycles. The van der Waals surface area contributed by atoms with Crippen LogP contribution in [0, 0.1) is 13.8 Å². The van der Waals surface area contributed by atoms with Crippen LogP contribution in [0.1, 0.15) is 46.7 Å². The van der Waals surface area contributed by atoms with Crippen LogP contribution in [0.15, 0.2) is 14.9 Å². The molecule has 7 heteroatoms. The number of carbonyl (C=O) groups excluding carboxylic acids is 1. The lowest BCUT2D eigenvalue weighted by molar-refractivity contribution is -0.0357. The Balaban J connectivity index is 1.74. The van der Waals surface area contributed by atoms with Crippen LogP contribution in [0.3, 0.4) is 0 Å². The van der Waals surface area contributed by atoms with Crippen LogP contribution in [0.4, 0.5) is 0 Å². The van der Waals surface area contributed by atoms with Crippen molar-refractivity contribution in [2.75, 3.05) is 19.7 Å². The van der Waals surface area contributed by atoms with Crippen molar-refractivity contribution < 1.29 is 18.4 Å². The van der Waals surface area contributed by atoms with Gasteiger partial charge in [0.05, 0.1) is 13.2 Å². The zero-order valence-electron chi connectivity index (χ0n) is 13.0.